The van der Waals surface area contributed by atoms with Gasteiger partial charge in [-0.2, -0.15) is 15.3 Å². The zero-order valence-corrected chi connectivity index (χ0v) is 25.6. The predicted octanol–water partition coefficient (Wildman–Crippen LogP) is 3.06. The maximum absolute atomic E-state index is 13.8. The summed E-state index contributed by atoms with van der Waals surface area (Å²) in [5, 5.41) is 15.3. The van der Waals surface area contributed by atoms with Gasteiger partial charge < -0.3 is 19.5 Å². The van der Waals surface area contributed by atoms with E-state index in [1.165, 1.54) is 6.26 Å². The molecule has 0 bridgehead atoms. The van der Waals surface area contributed by atoms with Gasteiger partial charge in [-0.3, -0.25) is 19.1 Å². The third kappa shape index (κ3) is 5.60. The van der Waals surface area contributed by atoms with E-state index >= 15 is 0 Å². The molecule has 2 aliphatic heterocycles. The summed E-state index contributed by atoms with van der Waals surface area (Å²) >= 11 is 0. The zero-order chi connectivity index (χ0) is 31.3. The molecular formula is C33H36N8O4. The predicted molar refractivity (Wildman–Crippen MR) is 162 cm³/mol. The van der Waals surface area contributed by atoms with Gasteiger partial charge >= 0.3 is 0 Å². The minimum absolute atomic E-state index is 0.0335. The molecule has 0 radical (unpaired) electrons. The van der Waals surface area contributed by atoms with Crippen molar-refractivity contribution in [3.63, 3.8) is 0 Å². The van der Waals surface area contributed by atoms with Crippen molar-refractivity contribution in [2.75, 3.05) is 26.2 Å². The molecule has 3 amide bonds. The molecule has 1 spiro atoms. The number of carbonyl (C=O) groups is 3. The number of amides is 3. The minimum atomic E-state index is -0.416. The van der Waals surface area contributed by atoms with Gasteiger partial charge in [-0.05, 0) is 36.5 Å². The summed E-state index contributed by atoms with van der Waals surface area (Å²) < 4.78 is 7.66. The van der Waals surface area contributed by atoms with Crippen LogP contribution in [0.25, 0.3) is 0 Å². The second kappa shape index (κ2) is 10.9. The highest BCUT2D eigenvalue weighted by atomic mass is 16.3. The highest BCUT2D eigenvalue weighted by molar-refractivity contribution is 5.94. The van der Waals surface area contributed by atoms with E-state index in [2.05, 4.69) is 39.4 Å². The second-order valence-electron chi connectivity index (χ2n) is 13.4. The average molecular weight is 609 g/mol. The van der Waals surface area contributed by atoms with Crippen LogP contribution in [0.5, 0.6) is 0 Å². The highest BCUT2D eigenvalue weighted by Crippen LogP contribution is 2.55. The Balaban J connectivity index is 1.07. The molecule has 232 valence electrons. The van der Waals surface area contributed by atoms with E-state index in [0.29, 0.717) is 49.9 Å². The molecule has 12 nitrogen and oxygen atoms in total. The molecule has 1 unspecified atom stereocenters. The van der Waals surface area contributed by atoms with E-state index in [1.807, 2.05) is 54.3 Å². The lowest BCUT2D eigenvalue weighted by molar-refractivity contribution is -0.146. The number of hydrogen-bond donors (Lipinski definition) is 1. The van der Waals surface area contributed by atoms with Crippen molar-refractivity contribution in [1.29, 1.82) is 0 Å². The van der Waals surface area contributed by atoms with Crippen LogP contribution in [0.15, 0.2) is 65.5 Å². The van der Waals surface area contributed by atoms with Gasteiger partial charge in [0.2, 0.25) is 5.91 Å². The number of oxazole rings is 1. The van der Waals surface area contributed by atoms with Gasteiger partial charge in [-0.15, -0.1) is 0 Å². The maximum atomic E-state index is 13.8. The second-order valence-corrected chi connectivity index (χ2v) is 13.4. The first-order chi connectivity index (χ1) is 21.6. The summed E-state index contributed by atoms with van der Waals surface area (Å²) in [6.45, 7) is 8.68. The molecule has 12 heteroatoms. The van der Waals surface area contributed by atoms with Gasteiger partial charge in [-0.25, -0.2) is 4.98 Å². The normalized spacial score (nSPS) is 21.0. The van der Waals surface area contributed by atoms with Crippen molar-refractivity contribution in [2.24, 2.45) is 16.7 Å². The fourth-order valence-electron chi connectivity index (χ4n) is 6.61. The topological polar surface area (TPSA) is 139 Å². The maximum Gasteiger partial charge on any atom is 0.273 e. The number of aryl methyl sites for hydroxylation is 1. The van der Waals surface area contributed by atoms with Crippen molar-refractivity contribution < 1.29 is 18.8 Å². The first-order valence-electron chi connectivity index (χ1n) is 15.3. The van der Waals surface area contributed by atoms with E-state index in [9.17, 15) is 14.4 Å². The summed E-state index contributed by atoms with van der Waals surface area (Å²) in [5.74, 6) is -0.195. The lowest BCUT2D eigenvalue weighted by atomic mass is 9.71. The van der Waals surface area contributed by atoms with Gasteiger partial charge in [0.25, 0.3) is 11.8 Å². The molecule has 1 saturated carbocycles. The molecule has 3 fully saturated rings. The quantitative estimate of drug-likeness (QED) is 0.322. The molecule has 2 saturated heterocycles. The van der Waals surface area contributed by atoms with Crippen molar-refractivity contribution in [2.45, 2.75) is 46.2 Å². The molecule has 7 rings (SSSR count). The van der Waals surface area contributed by atoms with Crippen LogP contribution < -0.4 is 5.32 Å². The zero-order valence-electron chi connectivity index (χ0n) is 25.6. The van der Waals surface area contributed by atoms with Crippen molar-refractivity contribution in [3.05, 3.63) is 95.2 Å². The Bertz CT molecular complexity index is 1740. The summed E-state index contributed by atoms with van der Waals surface area (Å²) in [7, 11) is 0. The minimum Gasteiger partial charge on any atom is -0.448 e. The monoisotopic (exact) mass is 608 g/mol. The third-order valence-electron chi connectivity index (χ3n) is 9.47. The van der Waals surface area contributed by atoms with Gasteiger partial charge in [0.1, 0.15) is 6.26 Å². The SMILES string of the molecule is Cc1ccc(CNC(=O)c2coc(C3CN(C(=O)c4cnn(Cc5ccccc5)c4)CC34CN(C(=O)[C@H]3CC3(C)C)C4)n2)nn1. The van der Waals surface area contributed by atoms with Crippen LogP contribution in [0.1, 0.15) is 69.9 Å². The van der Waals surface area contributed by atoms with E-state index in [-0.39, 0.29) is 47.2 Å². The number of likely N-dealkylation sites (tertiary alicyclic amines) is 2. The van der Waals surface area contributed by atoms with Gasteiger partial charge in [0.15, 0.2) is 11.6 Å². The molecular weight excluding hydrogens is 572 g/mol. The summed E-state index contributed by atoms with van der Waals surface area (Å²) in [5.41, 5.74) is 2.79. The van der Waals surface area contributed by atoms with E-state index in [4.69, 9.17) is 4.42 Å². The number of benzene rings is 1. The van der Waals surface area contributed by atoms with E-state index < -0.39 is 5.41 Å². The fourth-order valence-corrected chi connectivity index (χ4v) is 6.61. The molecule has 5 heterocycles. The Morgan fingerprint density at radius 1 is 1.02 bits per heavy atom. The first-order valence-corrected chi connectivity index (χ1v) is 15.3. The standard InChI is InChI=1S/C33H36N8O4/c1-21-9-10-24(38-37-21)13-34-28(42)27-17-45-29(36-27)26-16-39(18-33(26)19-40(20-33)31(44)25-11-32(25,2)3)30(43)23-12-35-41(15-23)14-22-7-5-4-6-8-22/h4-10,12,15,17,25-26H,11,13-14,16,18-20H2,1-3H3,(H,34,42)/t25-,26?/m1/s1. The van der Waals surface area contributed by atoms with Crippen LogP contribution in [0.3, 0.4) is 0 Å². The van der Waals surface area contributed by atoms with Crippen molar-refractivity contribution in [3.8, 4) is 0 Å². The van der Waals surface area contributed by atoms with Gasteiger partial charge in [0, 0.05) is 43.7 Å². The lowest BCUT2D eigenvalue weighted by Crippen LogP contribution is -2.62. The smallest absolute Gasteiger partial charge is 0.273 e. The number of hydrogen-bond acceptors (Lipinski definition) is 8. The number of nitrogens with zero attached hydrogens (tertiary/aromatic N) is 7. The summed E-state index contributed by atoms with van der Waals surface area (Å²) in [6.07, 6.45) is 5.62. The summed E-state index contributed by atoms with van der Waals surface area (Å²) in [4.78, 5) is 48.2. The number of carbonyl (C=O) groups excluding carboxylic acids is 3. The first kappa shape index (κ1) is 28.9. The molecule has 45 heavy (non-hydrogen) atoms. The Hall–Kier alpha value is -4.87. The van der Waals surface area contributed by atoms with Crippen molar-refractivity contribution in [1.82, 2.24) is 40.1 Å². The van der Waals surface area contributed by atoms with Crippen molar-refractivity contribution >= 4 is 17.7 Å². The lowest BCUT2D eigenvalue weighted by Gasteiger charge is -2.50. The Morgan fingerprint density at radius 2 is 1.78 bits per heavy atom. The van der Waals surface area contributed by atoms with Gasteiger partial charge in [0.05, 0.1) is 42.2 Å². The molecule has 3 aromatic heterocycles. The van der Waals surface area contributed by atoms with E-state index in [0.717, 1.165) is 17.7 Å². The van der Waals surface area contributed by atoms with Crippen LogP contribution in [0, 0.1) is 23.7 Å². The number of aromatic nitrogens is 5. The number of rotatable bonds is 8. The van der Waals surface area contributed by atoms with Crippen LogP contribution in [-0.4, -0.2) is 78.7 Å². The molecule has 4 aromatic rings. The van der Waals surface area contributed by atoms with Gasteiger partial charge in [-0.1, -0.05) is 44.2 Å². The molecule has 1 aliphatic carbocycles. The molecule has 2 atom stereocenters. The molecule has 1 N–H and O–H groups in total. The Kier molecular flexibility index (Phi) is 7.02. The van der Waals surface area contributed by atoms with E-state index in [1.54, 1.807) is 22.0 Å². The van der Waals surface area contributed by atoms with Crippen LogP contribution in [0.2, 0.25) is 0 Å². The van der Waals surface area contributed by atoms with Crippen LogP contribution in [-0.2, 0) is 17.9 Å². The van der Waals surface area contributed by atoms with Crippen LogP contribution in [0.4, 0.5) is 0 Å². The fraction of sp³-hybridized carbons (Fsp3) is 0.424. The molecule has 3 aliphatic rings. The average Bonchev–Trinajstić information content (AvgIpc) is 3.49. The highest BCUT2D eigenvalue weighted by Gasteiger charge is 2.61. The Labute approximate surface area is 260 Å². The van der Waals surface area contributed by atoms with Crippen LogP contribution >= 0.6 is 0 Å². The number of nitrogens with one attached hydrogen (secondary N) is 1. The summed E-state index contributed by atoms with van der Waals surface area (Å²) in [6, 6.07) is 13.6. The largest absolute Gasteiger partial charge is 0.448 e. The third-order valence-corrected chi connectivity index (χ3v) is 9.47. The Morgan fingerprint density at radius 3 is 2.49 bits per heavy atom. The molecule has 1 aromatic carbocycles.